The smallest absolute Gasteiger partial charge is 0.230 e. The van der Waals surface area contributed by atoms with E-state index in [1.807, 2.05) is 18.2 Å². The number of amides is 1. The Hall–Kier alpha value is -2.12. The Balaban J connectivity index is 1.52. The molecule has 0 aliphatic heterocycles. The molecule has 1 N–H and O–H groups in total. The summed E-state index contributed by atoms with van der Waals surface area (Å²) in [5, 5.41) is 13.9. The third-order valence-corrected chi connectivity index (χ3v) is 6.71. The first kappa shape index (κ1) is 18.3. The molecule has 5 nitrogen and oxygen atoms in total. The second-order valence-electron chi connectivity index (χ2n) is 7.26. The van der Waals surface area contributed by atoms with Crippen molar-refractivity contribution in [2.75, 3.05) is 5.32 Å². The number of allylic oxidation sites excluding steroid dienone is 2. The SMILES string of the molecule is CC(C)Cc1nnc(NC(=O)[C@H]2CC=CC[C@H]2c2nc3ccccc3s2)s1. The number of hydrogen-bond acceptors (Lipinski definition) is 6. The minimum absolute atomic E-state index is 0.0100. The van der Waals surface area contributed by atoms with Crippen molar-refractivity contribution in [3.63, 3.8) is 0 Å². The number of benzene rings is 1. The molecule has 2 atom stereocenters. The van der Waals surface area contributed by atoms with E-state index in [1.54, 1.807) is 11.3 Å². The van der Waals surface area contributed by atoms with Crippen LogP contribution in [0.2, 0.25) is 0 Å². The van der Waals surface area contributed by atoms with Crippen LogP contribution < -0.4 is 5.32 Å². The third kappa shape index (κ3) is 4.09. The summed E-state index contributed by atoms with van der Waals surface area (Å²) in [7, 11) is 0. The van der Waals surface area contributed by atoms with Crippen LogP contribution in [0.15, 0.2) is 36.4 Å². The molecule has 4 rings (SSSR count). The molecule has 2 heterocycles. The Bertz CT molecular complexity index is 942. The summed E-state index contributed by atoms with van der Waals surface area (Å²) in [6, 6.07) is 8.14. The number of carbonyl (C=O) groups is 1. The van der Waals surface area contributed by atoms with E-state index in [2.05, 4.69) is 47.6 Å². The number of nitrogens with one attached hydrogen (secondary N) is 1. The minimum atomic E-state index is -0.131. The van der Waals surface area contributed by atoms with Crippen LogP contribution in [0.25, 0.3) is 10.2 Å². The molecule has 3 aromatic rings. The summed E-state index contributed by atoms with van der Waals surface area (Å²) in [6.07, 6.45) is 6.70. The van der Waals surface area contributed by atoms with E-state index in [0.717, 1.165) is 34.8 Å². The molecule has 0 saturated carbocycles. The lowest BCUT2D eigenvalue weighted by atomic mass is 9.83. The van der Waals surface area contributed by atoms with E-state index in [4.69, 9.17) is 4.98 Å². The fourth-order valence-corrected chi connectivity index (χ4v) is 5.46. The van der Waals surface area contributed by atoms with Crippen LogP contribution in [0.1, 0.15) is 42.6 Å². The van der Waals surface area contributed by atoms with E-state index in [9.17, 15) is 4.79 Å². The Morgan fingerprint density at radius 2 is 2.00 bits per heavy atom. The van der Waals surface area contributed by atoms with Gasteiger partial charge in [0, 0.05) is 12.3 Å². The number of fused-ring (bicyclic) bond motifs is 1. The van der Waals surface area contributed by atoms with Crippen LogP contribution in [0.4, 0.5) is 5.13 Å². The van der Waals surface area contributed by atoms with Crippen LogP contribution in [-0.2, 0) is 11.2 Å². The Kier molecular flexibility index (Phi) is 5.31. The largest absolute Gasteiger partial charge is 0.300 e. The molecule has 0 saturated heterocycles. The van der Waals surface area contributed by atoms with Gasteiger partial charge in [0.2, 0.25) is 11.0 Å². The van der Waals surface area contributed by atoms with Gasteiger partial charge < -0.3 is 5.32 Å². The lowest BCUT2D eigenvalue weighted by Gasteiger charge is -2.25. The van der Waals surface area contributed by atoms with Gasteiger partial charge in [0.15, 0.2) is 0 Å². The summed E-state index contributed by atoms with van der Waals surface area (Å²) >= 11 is 3.16. The van der Waals surface area contributed by atoms with Crippen LogP contribution in [0, 0.1) is 11.8 Å². The van der Waals surface area contributed by atoms with Crippen molar-refractivity contribution >= 4 is 43.9 Å². The molecule has 0 spiro atoms. The van der Waals surface area contributed by atoms with Gasteiger partial charge >= 0.3 is 0 Å². The molecular weight excluding hydrogens is 376 g/mol. The second-order valence-corrected chi connectivity index (χ2v) is 9.39. The van der Waals surface area contributed by atoms with Gasteiger partial charge in [-0.05, 0) is 30.9 Å². The molecule has 1 aliphatic rings. The monoisotopic (exact) mass is 398 g/mol. The van der Waals surface area contributed by atoms with Crippen molar-refractivity contribution in [3.8, 4) is 0 Å². The first-order valence-electron chi connectivity index (χ1n) is 9.24. The summed E-state index contributed by atoms with van der Waals surface area (Å²) in [5.41, 5.74) is 1.01. The molecule has 1 aromatic carbocycles. The maximum atomic E-state index is 13.0. The number of nitrogens with zero attached hydrogens (tertiary/aromatic N) is 3. The summed E-state index contributed by atoms with van der Waals surface area (Å²) < 4.78 is 1.17. The fraction of sp³-hybridized carbons (Fsp3) is 0.400. The normalized spacial score (nSPS) is 19.7. The highest BCUT2D eigenvalue weighted by molar-refractivity contribution is 7.18. The van der Waals surface area contributed by atoms with E-state index >= 15 is 0 Å². The van der Waals surface area contributed by atoms with E-state index in [0.29, 0.717) is 11.0 Å². The quantitative estimate of drug-likeness (QED) is 0.612. The number of anilines is 1. The molecule has 140 valence electrons. The summed E-state index contributed by atoms with van der Waals surface area (Å²) in [5.74, 6) is 0.507. The van der Waals surface area contributed by atoms with Gasteiger partial charge in [0.1, 0.15) is 5.01 Å². The van der Waals surface area contributed by atoms with Gasteiger partial charge in [-0.25, -0.2) is 4.98 Å². The Morgan fingerprint density at radius 1 is 1.19 bits per heavy atom. The number of hydrogen-bond donors (Lipinski definition) is 1. The number of aromatic nitrogens is 3. The Labute approximate surface area is 166 Å². The highest BCUT2D eigenvalue weighted by Gasteiger charge is 2.32. The van der Waals surface area contributed by atoms with Gasteiger partial charge in [-0.2, -0.15) is 0 Å². The lowest BCUT2D eigenvalue weighted by molar-refractivity contribution is -0.120. The van der Waals surface area contributed by atoms with E-state index in [1.165, 1.54) is 16.0 Å². The van der Waals surface area contributed by atoms with Gasteiger partial charge in [-0.3, -0.25) is 4.79 Å². The molecule has 27 heavy (non-hydrogen) atoms. The zero-order valence-corrected chi connectivity index (χ0v) is 17.0. The topological polar surface area (TPSA) is 67.8 Å². The van der Waals surface area contributed by atoms with Crippen molar-refractivity contribution < 1.29 is 4.79 Å². The second kappa shape index (κ2) is 7.86. The third-order valence-electron chi connectivity index (χ3n) is 4.68. The maximum absolute atomic E-state index is 13.0. The Morgan fingerprint density at radius 3 is 2.81 bits per heavy atom. The van der Waals surface area contributed by atoms with Crippen molar-refractivity contribution in [3.05, 3.63) is 46.4 Å². The van der Waals surface area contributed by atoms with Crippen LogP contribution >= 0.6 is 22.7 Å². The highest BCUT2D eigenvalue weighted by atomic mass is 32.1. The predicted octanol–water partition coefficient (Wildman–Crippen LogP) is 5.03. The first-order valence-corrected chi connectivity index (χ1v) is 10.9. The summed E-state index contributed by atoms with van der Waals surface area (Å²) in [4.78, 5) is 17.8. The standard InChI is InChI=1S/C20H22N4OS2/c1-12(2)11-17-23-24-20(27-17)22-18(25)13-7-3-4-8-14(13)19-21-15-9-5-6-10-16(15)26-19/h3-6,9-10,12-14H,7-8,11H2,1-2H3,(H,22,24,25)/t13-,14+/m0/s1. The molecule has 0 bridgehead atoms. The van der Waals surface area contributed by atoms with Gasteiger partial charge in [-0.15, -0.1) is 21.5 Å². The van der Waals surface area contributed by atoms with Crippen molar-refractivity contribution in [1.29, 1.82) is 0 Å². The molecule has 0 unspecified atom stereocenters. The molecule has 2 aromatic heterocycles. The maximum Gasteiger partial charge on any atom is 0.230 e. The molecule has 0 fully saturated rings. The van der Waals surface area contributed by atoms with Crippen LogP contribution in [-0.4, -0.2) is 21.1 Å². The first-order chi connectivity index (χ1) is 13.1. The van der Waals surface area contributed by atoms with Crippen molar-refractivity contribution in [2.24, 2.45) is 11.8 Å². The number of para-hydroxylation sites is 1. The van der Waals surface area contributed by atoms with Gasteiger partial charge in [0.05, 0.1) is 21.1 Å². The number of rotatable bonds is 5. The zero-order valence-electron chi connectivity index (χ0n) is 15.4. The lowest BCUT2D eigenvalue weighted by Crippen LogP contribution is -2.29. The van der Waals surface area contributed by atoms with Gasteiger partial charge in [-0.1, -0.05) is 49.5 Å². The summed E-state index contributed by atoms with van der Waals surface area (Å²) in [6.45, 7) is 4.30. The predicted molar refractivity (Wildman–Crippen MR) is 111 cm³/mol. The highest BCUT2D eigenvalue weighted by Crippen LogP contribution is 2.39. The molecule has 1 aliphatic carbocycles. The average Bonchev–Trinajstić information content (AvgIpc) is 3.27. The van der Waals surface area contributed by atoms with Crippen molar-refractivity contribution in [1.82, 2.24) is 15.2 Å². The zero-order chi connectivity index (χ0) is 18.8. The molecular formula is C20H22N4OS2. The van der Waals surface area contributed by atoms with Crippen LogP contribution in [0.3, 0.4) is 0 Å². The molecule has 7 heteroatoms. The fourth-order valence-electron chi connectivity index (χ4n) is 3.36. The molecule has 0 radical (unpaired) electrons. The van der Waals surface area contributed by atoms with E-state index < -0.39 is 0 Å². The van der Waals surface area contributed by atoms with Gasteiger partial charge in [0.25, 0.3) is 0 Å². The average molecular weight is 399 g/mol. The van der Waals surface area contributed by atoms with E-state index in [-0.39, 0.29) is 17.7 Å². The number of carbonyl (C=O) groups excluding carboxylic acids is 1. The van der Waals surface area contributed by atoms with Crippen molar-refractivity contribution in [2.45, 2.75) is 39.0 Å². The number of thiazole rings is 1. The van der Waals surface area contributed by atoms with Crippen LogP contribution in [0.5, 0.6) is 0 Å². The minimum Gasteiger partial charge on any atom is -0.300 e. The molecule has 1 amide bonds.